The molecule has 1 aromatic rings. The molecule has 25 heavy (non-hydrogen) atoms. The van der Waals surface area contributed by atoms with E-state index in [1.165, 1.54) is 12.8 Å². The first-order chi connectivity index (χ1) is 11.7. The van der Waals surface area contributed by atoms with Gasteiger partial charge in [0.2, 0.25) is 11.8 Å². The van der Waals surface area contributed by atoms with Crippen molar-refractivity contribution in [3.05, 3.63) is 35.9 Å². The molecule has 3 aliphatic heterocycles. The molecule has 2 N–H and O–H groups in total. The van der Waals surface area contributed by atoms with Crippen molar-refractivity contribution in [1.82, 2.24) is 15.5 Å². The van der Waals surface area contributed by atoms with Gasteiger partial charge in [-0.05, 0) is 37.2 Å². The Labute approximate surface area is 154 Å². The number of halogens is 1. The van der Waals surface area contributed by atoms with E-state index >= 15 is 0 Å². The van der Waals surface area contributed by atoms with Crippen LogP contribution in [0.5, 0.6) is 0 Å². The van der Waals surface area contributed by atoms with Gasteiger partial charge in [0.25, 0.3) is 0 Å². The van der Waals surface area contributed by atoms with Crippen LogP contribution in [-0.4, -0.2) is 41.9 Å². The summed E-state index contributed by atoms with van der Waals surface area (Å²) in [5, 5.41) is 6.53. The van der Waals surface area contributed by atoms with Crippen LogP contribution in [0, 0.1) is 5.92 Å². The maximum Gasteiger partial charge on any atom is 0.247 e. The van der Waals surface area contributed by atoms with Gasteiger partial charge in [0, 0.05) is 31.6 Å². The van der Waals surface area contributed by atoms with Gasteiger partial charge in [-0.2, -0.15) is 0 Å². The van der Waals surface area contributed by atoms with E-state index in [0.717, 1.165) is 18.4 Å². The second-order valence-corrected chi connectivity index (χ2v) is 7.37. The lowest BCUT2D eigenvalue weighted by molar-refractivity contribution is -0.144. The monoisotopic (exact) mass is 363 g/mol. The number of nitrogens with one attached hydrogen (secondary N) is 2. The summed E-state index contributed by atoms with van der Waals surface area (Å²) in [5.74, 6) is 0.522. The minimum atomic E-state index is -0.481. The lowest BCUT2D eigenvalue weighted by atomic mass is 9.88. The highest BCUT2D eigenvalue weighted by Gasteiger charge is 2.38. The van der Waals surface area contributed by atoms with Crippen LogP contribution >= 0.6 is 12.4 Å². The largest absolute Gasteiger partial charge is 0.352 e. The van der Waals surface area contributed by atoms with Crippen molar-refractivity contribution >= 4 is 24.2 Å². The van der Waals surface area contributed by atoms with Gasteiger partial charge in [-0.3, -0.25) is 9.59 Å². The predicted molar refractivity (Wildman–Crippen MR) is 98.4 cm³/mol. The highest BCUT2D eigenvalue weighted by molar-refractivity contribution is 5.89. The number of amides is 2. The van der Waals surface area contributed by atoms with Gasteiger partial charge in [-0.1, -0.05) is 30.3 Å². The molecule has 3 atom stereocenters. The fourth-order valence-electron chi connectivity index (χ4n) is 4.61. The first-order valence-corrected chi connectivity index (χ1v) is 9.09. The van der Waals surface area contributed by atoms with Gasteiger partial charge in [0.05, 0.1) is 0 Å². The summed E-state index contributed by atoms with van der Waals surface area (Å²) in [6.45, 7) is 1.15. The Morgan fingerprint density at radius 3 is 2.48 bits per heavy atom. The molecule has 0 radical (unpaired) electrons. The summed E-state index contributed by atoms with van der Waals surface area (Å²) < 4.78 is 0. The Hall–Kier alpha value is -1.59. The summed E-state index contributed by atoms with van der Waals surface area (Å²) in [5.41, 5.74) is 0.897. The van der Waals surface area contributed by atoms with Crippen molar-refractivity contribution in [1.29, 1.82) is 0 Å². The molecule has 3 saturated heterocycles. The van der Waals surface area contributed by atoms with Crippen molar-refractivity contribution in [3.8, 4) is 0 Å². The molecule has 3 heterocycles. The average Bonchev–Trinajstić information content (AvgIpc) is 2.94. The van der Waals surface area contributed by atoms with Gasteiger partial charge in [0.1, 0.15) is 6.04 Å². The summed E-state index contributed by atoms with van der Waals surface area (Å²) in [6, 6.07) is 10.3. The van der Waals surface area contributed by atoms with Crippen LogP contribution in [0.3, 0.4) is 0 Å². The molecule has 4 rings (SSSR count). The highest BCUT2D eigenvalue weighted by Crippen LogP contribution is 2.34. The number of fused-ring (bicyclic) bond motifs is 2. The Morgan fingerprint density at radius 1 is 1.12 bits per heavy atom. The SMILES string of the molecule is Cl.O=C1NCCN(C(=O)CC2CC3CCC(C2)N3)C1c1ccccc1. The smallest absolute Gasteiger partial charge is 0.247 e. The van der Waals surface area contributed by atoms with Crippen LogP contribution in [0.2, 0.25) is 0 Å². The third kappa shape index (κ3) is 3.82. The van der Waals surface area contributed by atoms with E-state index in [-0.39, 0.29) is 24.2 Å². The average molecular weight is 364 g/mol. The first kappa shape index (κ1) is 18.2. The number of carbonyl (C=O) groups excluding carboxylic acids is 2. The fourth-order valence-corrected chi connectivity index (χ4v) is 4.61. The Kier molecular flexibility index (Phi) is 5.64. The van der Waals surface area contributed by atoms with Gasteiger partial charge in [-0.25, -0.2) is 0 Å². The van der Waals surface area contributed by atoms with Crippen molar-refractivity contribution in [2.75, 3.05) is 13.1 Å². The quantitative estimate of drug-likeness (QED) is 0.863. The molecule has 3 unspecified atom stereocenters. The molecular formula is C19H26ClN3O2. The summed E-state index contributed by atoms with van der Waals surface area (Å²) in [7, 11) is 0. The number of nitrogens with zero attached hydrogens (tertiary/aromatic N) is 1. The maximum absolute atomic E-state index is 13.0. The molecular weight excluding hydrogens is 338 g/mol. The molecule has 2 amide bonds. The summed E-state index contributed by atoms with van der Waals surface area (Å²) >= 11 is 0. The molecule has 5 nitrogen and oxygen atoms in total. The van der Waals surface area contributed by atoms with Gasteiger partial charge in [-0.15, -0.1) is 12.4 Å². The van der Waals surface area contributed by atoms with Gasteiger partial charge < -0.3 is 15.5 Å². The van der Waals surface area contributed by atoms with Crippen LogP contribution < -0.4 is 10.6 Å². The number of hydrogen-bond acceptors (Lipinski definition) is 3. The van der Waals surface area contributed by atoms with E-state index in [0.29, 0.717) is 37.5 Å². The molecule has 6 heteroatoms. The minimum absolute atomic E-state index is 0. The van der Waals surface area contributed by atoms with Crippen molar-refractivity contribution in [2.24, 2.45) is 5.92 Å². The number of hydrogen-bond donors (Lipinski definition) is 2. The number of benzene rings is 1. The lowest BCUT2D eigenvalue weighted by Gasteiger charge is -2.37. The molecule has 1 aromatic carbocycles. The number of piperidine rings is 1. The number of carbonyl (C=O) groups is 2. The highest BCUT2D eigenvalue weighted by atomic mass is 35.5. The van der Waals surface area contributed by atoms with E-state index in [4.69, 9.17) is 0 Å². The third-order valence-electron chi connectivity index (χ3n) is 5.68. The zero-order chi connectivity index (χ0) is 16.5. The molecule has 2 bridgehead atoms. The van der Waals surface area contributed by atoms with Gasteiger partial charge in [0.15, 0.2) is 0 Å². The van der Waals surface area contributed by atoms with Crippen molar-refractivity contribution in [3.63, 3.8) is 0 Å². The summed E-state index contributed by atoms with van der Waals surface area (Å²) in [6.07, 6.45) is 5.25. The zero-order valence-electron chi connectivity index (χ0n) is 14.3. The van der Waals surface area contributed by atoms with Crippen LogP contribution in [0.4, 0.5) is 0 Å². The van der Waals surface area contributed by atoms with Crippen LogP contribution in [0.25, 0.3) is 0 Å². The molecule has 0 saturated carbocycles. The Morgan fingerprint density at radius 2 is 1.80 bits per heavy atom. The molecule has 0 aliphatic carbocycles. The fraction of sp³-hybridized carbons (Fsp3) is 0.579. The molecule has 3 aliphatic rings. The van der Waals surface area contributed by atoms with E-state index in [9.17, 15) is 9.59 Å². The van der Waals surface area contributed by atoms with Crippen LogP contribution in [0.15, 0.2) is 30.3 Å². The molecule has 136 valence electrons. The molecule has 0 spiro atoms. The van der Waals surface area contributed by atoms with E-state index in [1.54, 1.807) is 4.90 Å². The zero-order valence-corrected chi connectivity index (χ0v) is 15.1. The second kappa shape index (κ2) is 7.75. The van der Waals surface area contributed by atoms with E-state index in [1.807, 2.05) is 30.3 Å². The lowest BCUT2D eigenvalue weighted by Crippen LogP contribution is -2.52. The normalized spacial score (nSPS) is 31.2. The van der Waals surface area contributed by atoms with Crippen molar-refractivity contribution < 1.29 is 9.59 Å². The number of piperazine rings is 1. The Bertz CT molecular complexity index is 612. The van der Waals surface area contributed by atoms with Crippen molar-refractivity contribution in [2.45, 2.75) is 50.2 Å². The minimum Gasteiger partial charge on any atom is -0.352 e. The number of rotatable bonds is 3. The molecule has 0 aromatic heterocycles. The standard InChI is InChI=1S/C19H25N3O2.ClH/c23-17(12-13-10-15-6-7-16(11-13)21-15)22-9-8-20-19(24)18(22)14-4-2-1-3-5-14;/h1-5,13,15-16,18,21H,6-12H2,(H,20,24);1H. The van der Waals surface area contributed by atoms with E-state index in [2.05, 4.69) is 10.6 Å². The Balaban J connectivity index is 0.00000182. The summed E-state index contributed by atoms with van der Waals surface area (Å²) in [4.78, 5) is 27.1. The van der Waals surface area contributed by atoms with E-state index < -0.39 is 6.04 Å². The molecule has 3 fully saturated rings. The second-order valence-electron chi connectivity index (χ2n) is 7.37. The predicted octanol–water partition coefficient (Wildman–Crippen LogP) is 2.03. The van der Waals surface area contributed by atoms with Crippen LogP contribution in [-0.2, 0) is 9.59 Å². The first-order valence-electron chi connectivity index (χ1n) is 9.09. The topological polar surface area (TPSA) is 61.4 Å². The van der Waals surface area contributed by atoms with Gasteiger partial charge >= 0.3 is 0 Å². The van der Waals surface area contributed by atoms with Crippen LogP contribution in [0.1, 0.15) is 43.7 Å². The maximum atomic E-state index is 13.0. The third-order valence-corrected chi connectivity index (χ3v) is 5.68.